The Hall–Kier alpha value is -1.98. The summed E-state index contributed by atoms with van der Waals surface area (Å²) in [5.74, 6) is 1.44. The molecule has 0 saturated carbocycles. The number of ether oxygens (including phenoxy) is 2. The highest BCUT2D eigenvalue weighted by atomic mass is 16.5. The zero-order valence-corrected chi connectivity index (χ0v) is 12.1. The highest BCUT2D eigenvalue weighted by Crippen LogP contribution is 2.26. The van der Waals surface area contributed by atoms with Gasteiger partial charge in [0.15, 0.2) is 0 Å². The molecule has 2 heterocycles. The van der Waals surface area contributed by atoms with E-state index in [0.717, 1.165) is 49.5 Å². The Labute approximate surface area is 124 Å². The van der Waals surface area contributed by atoms with Gasteiger partial charge in [-0.3, -0.25) is 0 Å². The molecule has 5 heteroatoms. The Morgan fingerprint density at radius 2 is 2.05 bits per heavy atom. The van der Waals surface area contributed by atoms with Gasteiger partial charge in [-0.05, 0) is 24.1 Å². The Kier molecular flexibility index (Phi) is 4.43. The Bertz CT molecular complexity index is 599. The summed E-state index contributed by atoms with van der Waals surface area (Å²) in [4.78, 5) is 8.59. The largest absolute Gasteiger partial charge is 0.439 e. The van der Waals surface area contributed by atoms with Gasteiger partial charge >= 0.3 is 0 Å². The molecule has 2 aromatic rings. The molecule has 1 N–H and O–H groups in total. The molecule has 1 aromatic carbocycles. The van der Waals surface area contributed by atoms with E-state index in [1.54, 1.807) is 13.4 Å². The smallest absolute Gasteiger partial charge is 0.227 e. The van der Waals surface area contributed by atoms with Crippen LogP contribution in [0, 0.1) is 0 Å². The highest BCUT2D eigenvalue weighted by Gasteiger charge is 2.16. The molecular formula is C16H19N3O2. The normalized spacial score (nSPS) is 13.8. The molecule has 0 spiro atoms. The van der Waals surface area contributed by atoms with Crippen molar-refractivity contribution in [1.29, 1.82) is 0 Å². The molecule has 1 aliphatic heterocycles. The van der Waals surface area contributed by atoms with Crippen LogP contribution in [0.15, 0.2) is 30.6 Å². The molecule has 0 unspecified atom stereocenters. The molecule has 0 radical (unpaired) electrons. The minimum absolute atomic E-state index is 0.650. The Balaban J connectivity index is 1.74. The Morgan fingerprint density at radius 3 is 2.86 bits per heavy atom. The zero-order chi connectivity index (χ0) is 14.5. The second kappa shape index (κ2) is 6.65. The van der Waals surface area contributed by atoms with E-state index < -0.39 is 0 Å². The third-order valence-electron chi connectivity index (χ3n) is 3.57. The van der Waals surface area contributed by atoms with Crippen LogP contribution in [0.25, 0.3) is 0 Å². The number of nitrogens with one attached hydrogen (secondary N) is 1. The van der Waals surface area contributed by atoms with Gasteiger partial charge in [0.05, 0.1) is 17.9 Å². The molecule has 1 aliphatic rings. The van der Waals surface area contributed by atoms with Crippen molar-refractivity contribution in [2.75, 3.05) is 20.3 Å². The average molecular weight is 285 g/mol. The van der Waals surface area contributed by atoms with Gasteiger partial charge in [-0.1, -0.05) is 12.1 Å². The fourth-order valence-corrected chi connectivity index (χ4v) is 2.39. The molecule has 0 fully saturated rings. The molecule has 1 aromatic heterocycles. The lowest BCUT2D eigenvalue weighted by molar-refractivity contribution is 0.202. The van der Waals surface area contributed by atoms with Gasteiger partial charge in [-0.2, -0.15) is 0 Å². The molecule has 0 atom stereocenters. The monoisotopic (exact) mass is 285 g/mol. The van der Waals surface area contributed by atoms with Crippen LogP contribution in [-0.4, -0.2) is 30.2 Å². The van der Waals surface area contributed by atoms with Crippen molar-refractivity contribution in [2.45, 2.75) is 19.4 Å². The van der Waals surface area contributed by atoms with Crippen LogP contribution in [0.1, 0.15) is 16.8 Å². The SMILES string of the molecule is COCCc1ccc(Oc2ncnc3c2CNCC3)cc1. The van der Waals surface area contributed by atoms with E-state index in [2.05, 4.69) is 27.4 Å². The molecular weight excluding hydrogens is 266 g/mol. The number of benzene rings is 1. The van der Waals surface area contributed by atoms with Crippen molar-refractivity contribution in [2.24, 2.45) is 0 Å². The number of rotatable bonds is 5. The maximum atomic E-state index is 5.91. The van der Waals surface area contributed by atoms with Crippen molar-refractivity contribution in [3.8, 4) is 11.6 Å². The van der Waals surface area contributed by atoms with Gasteiger partial charge < -0.3 is 14.8 Å². The number of hydrogen-bond donors (Lipinski definition) is 1. The molecule has 0 amide bonds. The van der Waals surface area contributed by atoms with Gasteiger partial charge in [0.25, 0.3) is 0 Å². The number of nitrogens with zero attached hydrogens (tertiary/aromatic N) is 2. The summed E-state index contributed by atoms with van der Waals surface area (Å²) in [6.07, 6.45) is 3.40. The fourth-order valence-electron chi connectivity index (χ4n) is 2.39. The first-order valence-corrected chi connectivity index (χ1v) is 7.16. The van der Waals surface area contributed by atoms with E-state index in [4.69, 9.17) is 9.47 Å². The Morgan fingerprint density at radius 1 is 1.19 bits per heavy atom. The lowest BCUT2D eigenvalue weighted by Crippen LogP contribution is -2.25. The predicted octanol–water partition coefficient (Wildman–Crippen LogP) is 2.10. The van der Waals surface area contributed by atoms with Crippen molar-refractivity contribution >= 4 is 0 Å². The molecule has 5 nitrogen and oxygen atoms in total. The van der Waals surface area contributed by atoms with Crippen LogP contribution < -0.4 is 10.1 Å². The van der Waals surface area contributed by atoms with E-state index in [-0.39, 0.29) is 0 Å². The van der Waals surface area contributed by atoms with Crippen molar-refractivity contribution in [1.82, 2.24) is 15.3 Å². The van der Waals surface area contributed by atoms with Gasteiger partial charge in [0.2, 0.25) is 5.88 Å². The van der Waals surface area contributed by atoms with Crippen LogP contribution in [0.5, 0.6) is 11.6 Å². The third kappa shape index (κ3) is 3.37. The minimum Gasteiger partial charge on any atom is -0.439 e. The van der Waals surface area contributed by atoms with E-state index in [9.17, 15) is 0 Å². The second-order valence-electron chi connectivity index (χ2n) is 5.02. The average Bonchev–Trinajstić information content (AvgIpc) is 2.55. The van der Waals surface area contributed by atoms with Crippen LogP contribution in [0.4, 0.5) is 0 Å². The molecule has 110 valence electrons. The molecule has 0 aliphatic carbocycles. The van der Waals surface area contributed by atoms with Crippen molar-refractivity contribution in [3.63, 3.8) is 0 Å². The number of aromatic nitrogens is 2. The minimum atomic E-state index is 0.650. The summed E-state index contributed by atoms with van der Waals surface area (Å²) in [5, 5.41) is 3.33. The third-order valence-corrected chi connectivity index (χ3v) is 3.57. The van der Waals surface area contributed by atoms with E-state index >= 15 is 0 Å². The predicted molar refractivity (Wildman–Crippen MR) is 79.5 cm³/mol. The number of methoxy groups -OCH3 is 1. The topological polar surface area (TPSA) is 56.3 Å². The van der Waals surface area contributed by atoms with E-state index in [1.807, 2.05) is 12.1 Å². The number of hydrogen-bond acceptors (Lipinski definition) is 5. The molecule has 21 heavy (non-hydrogen) atoms. The first-order valence-electron chi connectivity index (χ1n) is 7.16. The molecule has 3 rings (SSSR count). The van der Waals surface area contributed by atoms with Crippen molar-refractivity contribution in [3.05, 3.63) is 47.4 Å². The van der Waals surface area contributed by atoms with Crippen LogP contribution in [0.2, 0.25) is 0 Å². The van der Waals surface area contributed by atoms with E-state index in [0.29, 0.717) is 5.88 Å². The van der Waals surface area contributed by atoms with Crippen molar-refractivity contribution < 1.29 is 9.47 Å². The van der Waals surface area contributed by atoms with Crippen LogP contribution in [0.3, 0.4) is 0 Å². The van der Waals surface area contributed by atoms with Crippen LogP contribution in [-0.2, 0) is 24.1 Å². The lowest BCUT2D eigenvalue weighted by Gasteiger charge is -2.18. The number of fused-ring (bicyclic) bond motifs is 1. The molecule has 0 saturated heterocycles. The molecule has 0 bridgehead atoms. The van der Waals surface area contributed by atoms with Crippen LogP contribution >= 0.6 is 0 Å². The summed E-state index contributed by atoms with van der Waals surface area (Å²) < 4.78 is 11.0. The second-order valence-corrected chi connectivity index (χ2v) is 5.02. The maximum Gasteiger partial charge on any atom is 0.227 e. The lowest BCUT2D eigenvalue weighted by atomic mass is 10.1. The van der Waals surface area contributed by atoms with Gasteiger partial charge in [-0.15, -0.1) is 0 Å². The fraction of sp³-hybridized carbons (Fsp3) is 0.375. The summed E-state index contributed by atoms with van der Waals surface area (Å²) in [6.45, 7) is 2.44. The first kappa shape index (κ1) is 14.0. The van der Waals surface area contributed by atoms with E-state index in [1.165, 1.54) is 5.56 Å². The zero-order valence-electron chi connectivity index (χ0n) is 12.1. The summed E-state index contributed by atoms with van der Waals surface area (Å²) >= 11 is 0. The standard InChI is InChI=1S/C16H19N3O2/c1-20-9-7-12-2-4-13(5-3-12)21-16-14-10-17-8-6-15(14)18-11-19-16/h2-5,11,17H,6-10H2,1H3. The van der Waals surface area contributed by atoms with Gasteiger partial charge in [0, 0.05) is 26.6 Å². The van der Waals surface area contributed by atoms with Gasteiger partial charge in [0.1, 0.15) is 12.1 Å². The summed E-state index contributed by atoms with van der Waals surface area (Å²) in [7, 11) is 1.71. The van der Waals surface area contributed by atoms with Gasteiger partial charge in [-0.25, -0.2) is 9.97 Å². The summed E-state index contributed by atoms with van der Waals surface area (Å²) in [5.41, 5.74) is 3.37. The maximum absolute atomic E-state index is 5.91. The quantitative estimate of drug-likeness (QED) is 0.911. The summed E-state index contributed by atoms with van der Waals surface area (Å²) in [6, 6.07) is 8.05. The highest BCUT2D eigenvalue weighted by molar-refractivity contribution is 5.36. The first-order chi connectivity index (χ1) is 10.4.